The first kappa shape index (κ1) is 13.4. The van der Waals surface area contributed by atoms with Crippen LogP contribution < -0.4 is 5.32 Å². The van der Waals surface area contributed by atoms with E-state index in [9.17, 15) is 0 Å². The van der Waals surface area contributed by atoms with Gasteiger partial charge in [-0.3, -0.25) is 4.90 Å². The van der Waals surface area contributed by atoms with Crippen molar-refractivity contribution in [3.63, 3.8) is 0 Å². The molecule has 1 saturated carbocycles. The molecule has 0 unspecified atom stereocenters. The van der Waals surface area contributed by atoms with Gasteiger partial charge in [0.25, 0.3) is 0 Å². The zero-order valence-corrected chi connectivity index (χ0v) is 12.3. The predicted octanol–water partition coefficient (Wildman–Crippen LogP) is 2.88. The maximum absolute atomic E-state index is 3.74. The van der Waals surface area contributed by atoms with Gasteiger partial charge < -0.3 is 5.32 Å². The predicted molar refractivity (Wildman–Crippen MR) is 74.2 cm³/mol. The van der Waals surface area contributed by atoms with Gasteiger partial charge in [0.05, 0.1) is 0 Å². The fourth-order valence-electron chi connectivity index (χ4n) is 3.82. The number of hydrogen-bond acceptors (Lipinski definition) is 2. The lowest BCUT2D eigenvalue weighted by atomic mass is 9.63. The zero-order chi connectivity index (χ0) is 12.6. The molecule has 0 bridgehead atoms. The highest BCUT2D eigenvalue weighted by atomic mass is 15.2. The Labute approximate surface area is 107 Å². The molecule has 0 aromatic heterocycles. The van der Waals surface area contributed by atoms with Crippen LogP contribution in [-0.4, -0.2) is 36.1 Å². The first-order valence-corrected chi connectivity index (χ1v) is 7.42. The van der Waals surface area contributed by atoms with E-state index in [2.05, 4.69) is 44.8 Å². The van der Waals surface area contributed by atoms with Gasteiger partial charge in [-0.1, -0.05) is 20.8 Å². The number of likely N-dealkylation sites (tertiary alicyclic amines) is 1. The molecule has 0 aromatic rings. The minimum Gasteiger partial charge on any atom is -0.312 e. The molecular weight excluding hydrogens is 208 g/mol. The van der Waals surface area contributed by atoms with Gasteiger partial charge in [-0.25, -0.2) is 0 Å². The fraction of sp³-hybridized carbons (Fsp3) is 1.00. The van der Waals surface area contributed by atoms with Gasteiger partial charge in [0, 0.05) is 31.2 Å². The van der Waals surface area contributed by atoms with Crippen LogP contribution >= 0.6 is 0 Å². The van der Waals surface area contributed by atoms with Crippen LogP contribution in [0.3, 0.4) is 0 Å². The zero-order valence-electron chi connectivity index (χ0n) is 12.3. The molecule has 0 aromatic carbocycles. The van der Waals surface area contributed by atoms with Crippen LogP contribution in [0.5, 0.6) is 0 Å². The molecule has 2 heteroatoms. The third kappa shape index (κ3) is 2.85. The topological polar surface area (TPSA) is 15.3 Å². The van der Waals surface area contributed by atoms with Crippen molar-refractivity contribution in [3.8, 4) is 0 Å². The van der Waals surface area contributed by atoms with Crippen molar-refractivity contribution in [2.24, 2.45) is 11.3 Å². The third-order valence-corrected chi connectivity index (χ3v) is 4.78. The average molecular weight is 238 g/mol. The van der Waals surface area contributed by atoms with E-state index in [1.165, 1.54) is 32.4 Å². The van der Waals surface area contributed by atoms with Crippen molar-refractivity contribution in [1.29, 1.82) is 0 Å². The molecule has 1 aliphatic carbocycles. The Morgan fingerprint density at radius 2 is 1.82 bits per heavy atom. The summed E-state index contributed by atoms with van der Waals surface area (Å²) in [5.74, 6) is 0.848. The molecule has 2 atom stereocenters. The maximum atomic E-state index is 3.74. The molecule has 1 aliphatic heterocycles. The Kier molecular flexibility index (Phi) is 3.84. The second-order valence-electron chi connectivity index (χ2n) is 7.15. The number of hydrogen-bond donors (Lipinski definition) is 1. The molecule has 2 nitrogen and oxygen atoms in total. The van der Waals surface area contributed by atoms with Crippen molar-refractivity contribution in [2.45, 2.75) is 72.0 Å². The van der Waals surface area contributed by atoms with Crippen molar-refractivity contribution in [3.05, 3.63) is 0 Å². The molecule has 2 aliphatic rings. The summed E-state index contributed by atoms with van der Waals surface area (Å²) in [6.45, 7) is 14.3. The monoisotopic (exact) mass is 238 g/mol. The molecule has 2 rings (SSSR count). The fourth-order valence-corrected chi connectivity index (χ4v) is 3.82. The van der Waals surface area contributed by atoms with Crippen molar-refractivity contribution in [1.82, 2.24) is 10.2 Å². The quantitative estimate of drug-likeness (QED) is 0.813. The first-order valence-electron chi connectivity index (χ1n) is 7.42. The summed E-state index contributed by atoms with van der Waals surface area (Å²) < 4.78 is 0. The van der Waals surface area contributed by atoms with Crippen LogP contribution in [0.15, 0.2) is 0 Å². The summed E-state index contributed by atoms with van der Waals surface area (Å²) in [5.41, 5.74) is 0.679. The first-order chi connectivity index (χ1) is 7.92. The summed E-state index contributed by atoms with van der Waals surface area (Å²) in [4.78, 5) is 2.63. The van der Waals surface area contributed by atoms with Crippen LogP contribution in [0.4, 0.5) is 0 Å². The van der Waals surface area contributed by atoms with E-state index < -0.39 is 0 Å². The Morgan fingerprint density at radius 1 is 1.18 bits per heavy atom. The van der Waals surface area contributed by atoms with Crippen molar-refractivity contribution >= 4 is 0 Å². The smallest absolute Gasteiger partial charge is 0.00954 e. The van der Waals surface area contributed by atoms with Crippen molar-refractivity contribution < 1.29 is 0 Å². The summed E-state index contributed by atoms with van der Waals surface area (Å²) in [6.07, 6.45) is 4.25. The van der Waals surface area contributed by atoms with Gasteiger partial charge in [0.1, 0.15) is 0 Å². The number of nitrogens with one attached hydrogen (secondary N) is 1. The Balaban J connectivity index is 1.84. The van der Waals surface area contributed by atoms with Crippen LogP contribution in [0, 0.1) is 11.3 Å². The molecule has 100 valence electrons. The van der Waals surface area contributed by atoms with E-state index in [0.29, 0.717) is 11.5 Å². The maximum Gasteiger partial charge on any atom is 0.00954 e. The van der Waals surface area contributed by atoms with Crippen LogP contribution in [-0.2, 0) is 0 Å². The van der Waals surface area contributed by atoms with Gasteiger partial charge >= 0.3 is 0 Å². The molecule has 1 saturated heterocycles. The van der Waals surface area contributed by atoms with Gasteiger partial charge in [0.2, 0.25) is 0 Å². The molecule has 1 N–H and O–H groups in total. The second kappa shape index (κ2) is 4.89. The Bertz CT molecular complexity index is 254. The Hall–Kier alpha value is -0.0800. The van der Waals surface area contributed by atoms with E-state index in [1.807, 2.05) is 0 Å². The highest BCUT2D eigenvalue weighted by Crippen LogP contribution is 2.46. The van der Waals surface area contributed by atoms with E-state index in [4.69, 9.17) is 0 Å². The normalized spacial score (nSPS) is 33.4. The summed E-state index contributed by atoms with van der Waals surface area (Å²) in [6, 6.07) is 2.13. The third-order valence-electron chi connectivity index (χ3n) is 4.78. The molecule has 1 spiro atoms. The van der Waals surface area contributed by atoms with Gasteiger partial charge in [-0.15, -0.1) is 0 Å². The molecular formula is C15H30N2. The van der Waals surface area contributed by atoms with Gasteiger partial charge in [0.15, 0.2) is 0 Å². The van der Waals surface area contributed by atoms with Crippen molar-refractivity contribution in [2.75, 3.05) is 13.1 Å². The van der Waals surface area contributed by atoms with Crippen LogP contribution in [0.1, 0.15) is 53.9 Å². The van der Waals surface area contributed by atoms with Crippen LogP contribution in [0.25, 0.3) is 0 Å². The molecule has 1 heterocycles. The molecule has 17 heavy (non-hydrogen) atoms. The summed E-state index contributed by atoms with van der Waals surface area (Å²) in [5, 5.41) is 3.74. The molecule has 2 fully saturated rings. The van der Waals surface area contributed by atoms with E-state index in [-0.39, 0.29) is 0 Å². The minimum atomic E-state index is 0.630. The summed E-state index contributed by atoms with van der Waals surface area (Å²) in [7, 11) is 0. The van der Waals surface area contributed by atoms with Crippen LogP contribution in [0.2, 0.25) is 0 Å². The lowest BCUT2D eigenvalue weighted by Gasteiger charge is -2.57. The highest BCUT2D eigenvalue weighted by Gasteiger charge is 2.47. The van der Waals surface area contributed by atoms with Gasteiger partial charge in [-0.05, 0) is 44.4 Å². The average Bonchev–Trinajstić information content (AvgIpc) is 2.16. The number of rotatable bonds is 3. The van der Waals surface area contributed by atoms with E-state index >= 15 is 0 Å². The Morgan fingerprint density at radius 3 is 2.29 bits per heavy atom. The largest absolute Gasteiger partial charge is 0.312 e. The summed E-state index contributed by atoms with van der Waals surface area (Å²) >= 11 is 0. The SMILES string of the molecule is CC(C)N[C@H]1CCC2(C[C@H]1C)CN(C(C)C)C2. The lowest BCUT2D eigenvalue weighted by molar-refractivity contribution is -0.0654. The second-order valence-corrected chi connectivity index (χ2v) is 7.15. The molecule has 0 amide bonds. The van der Waals surface area contributed by atoms with Gasteiger partial charge in [-0.2, -0.15) is 0 Å². The lowest BCUT2D eigenvalue weighted by Crippen LogP contribution is -2.62. The van der Waals surface area contributed by atoms with E-state index in [0.717, 1.165) is 18.0 Å². The van der Waals surface area contributed by atoms with E-state index in [1.54, 1.807) is 0 Å². The number of nitrogens with zero attached hydrogens (tertiary/aromatic N) is 1. The highest BCUT2D eigenvalue weighted by molar-refractivity contribution is 5.01. The standard InChI is InChI=1S/C15H30N2/c1-11(2)16-14-6-7-15(8-13(14)5)9-17(10-15)12(3)4/h11-14,16H,6-10H2,1-5H3/t13-,14+/m1/s1. The minimum absolute atomic E-state index is 0.630. The molecule has 0 radical (unpaired) electrons.